The summed E-state index contributed by atoms with van der Waals surface area (Å²) >= 11 is 6.00. The van der Waals surface area contributed by atoms with Gasteiger partial charge in [-0.15, -0.1) is 5.10 Å². The Morgan fingerprint density at radius 2 is 2.00 bits per heavy atom. The van der Waals surface area contributed by atoms with Crippen LogP contribution in [0.15, 0.2) is 51.7 Å². The van der Waals surface area contributed by atoms with Gasteiger partial charge in [-0.2, -0.15) is 4.68 Å². The number of anilines is 1. The maximum Gasteiger partial charge on any atom is 0.437 e. The highest BCUT2D eigenvalue weighted by molar-refractivity contribution is 6.31. The van der Waals surface area contributed by atoms with Crippen molar-refractivity contribution in [1.29, 1.82) is 0 Å². The molecule has 0 radical (unpaired) electrons. The van der Waals surface area contributed by atoms with Crippen molar-refractivity contribution in [3.05, 3.63) is 69.4 Å². The minimum atomic E-state index is -0.781. The molecule has 8 heteroatoms. The van der Waals surface area contributed by atoms with Gasteiger partial charge >= 0.3 is 5.76 Å². The molecule has 0 unspecified atom stereocenters. The summed E-state index contributed by atoms with van der Waals surface area (Å²) in [6.07, 6.45) is 0. The first-order valence-corrected chi connectivity index (χ1v) is 7.70. The highest BCUT2D eigenvalue weighted by Gasteiger charge is 2.13. The van der Waals surface area contributed by atoms with Gasteiger partial charge < -0.3 is 9.73 Å². The van der Waals surface area contributed by atoms with Crippen LogP contribution in [-0.2, 0) is 11.3 Å². The summed E-state index contributed by atoms with van der Waals surface area (Å²) in [5, 5.41) is 7.10. The molecular weight excluding hydrogens is 349 g/mol. The maximum atomic E-state index is 12.9. The molecule has 0 aliphatic heterocycles. The van der Waals surface area contributed by atoms with Gasteiger partial charge in [-0.1, -0.05) is 17.7 Å². The number of aromatic nitrogens is 2. The first-order chi connectivity index (χ1) is 11.9. The number of hydrogen-bond donors (Lipinski definition) is 1. The summed E-state index contributed by atoms with van der Waals surface area (Å²) in [7, 11) is 0. The third-order valence-corrected chi connectivity index (χ3v) is 3.85. The number of benzene rings is 2. The van der Waals surface area contributed by atoms with Gasteiger partial charge in [0.05, 0.1) is 0 Å². The molecule has 3 rings (SSSR count). The number of aryl methyl sites for hydroxylation is 1. The second-order valence-electron chi connectivity index (χ2n) is 5.35. The van der Waals surface area contributed by atoms with Crippen LogP contribution >= 0.6 is 11.6 Å². The van der Waals surface area contributed by atoms with Gasteiger partial charge in [-0.3, -0.25) is 4.79 Å². The molecule has 25 heavy (non-hydrogen) atoms. The molecule has 128 valence electrons. The number of carbonyl (C=O) groups excluding carboxylic acids is 1. The summed E-state index contributed by atoms with van der Waals surface area (Å²) < 4.78 is 18.8. The molecule has 1 heterocycles. The van der Waals surface area contributed by atoms with E-state index < -0.39 is 17.5 Å². The molecule has 0 spiro atoms. The van der Waals surface area contributed by atoms with Crippen molar-refractivity contribution in [3.63, 3.8) is 0 Å². The van der Waals surface area contributed by atoms with Crippen molar-refractivity contribution < 1.29 is 13.6 Å². The Hall–Kier alpha value is -2.93. The van der Waals surface area contributed by atoms with Crippen molar-refractivity contribution in [1.82, 2.24) is 9.78 Å². The molecule has 0 aliphatic carbocycles. The van der Waals surface area contributed by atoms with Crippen LogP contribution in [0.1, 0.15) is 5.56 Å². The summed E-state index contributed by atoms with van der Waals surface area (Å²) in [6.45, 7) is 1.52. The average molecular weight is 362 g/mol. The van der Waals surface area contributed by atoms with Crippen LogP contribution in [0.2, 0.25) is 5.02 Å². The maximum absolute atomic E-state index is 12.9. The van der Waals surface area contributed by atoms with Gasteiger partial charge in [0, 0.05) is 16.3 Å². The molecule has 0 saturated carbocycles. The molecular formula is C17H13ClFN3O3. The molecule has 0 aliphatic rings. The molecule has 0 fully saturated rings. The third kappa shape index (κ3) is 3.95. The van der Waals surface area contributed by atoms with E-state index >= 15 is 0 Å². The zero-order chi connectivity index (χ0) is 18.0. The highest BCUT2D eigenvalue weighted by Crippen LogP contribution is 2.20. The molecule has 0 saturated heterocycles. The van der Waals surface area contributed by atoms with E-state index in [2.05, 4.69) is 10.4 Å². The SMILES string of the molecule is Cc1ccc(NC(=O)Cn2nc(-c3ccc(F)cc3)oc2=O)cc1Cl. The van der Waals surface area contributed by atoms with Crippen LogP contribution in [0.4, 0.5) is 10.1 Å². The van der Waals surface area contributed by atoms with E-state index in [-0.39, 0.29) is 12.4 Å². The lowest BCUT2D eigenvalue weighted by atomic mass is 10.2. The van der Waals surface area contributed by atoms with Crippen LogP contribution in [0.25, 0.3) is 11.5 Å². The zero-order valence-corrected chi connectivity index (χ0v) is 13.9. The normalized spacial score (nSPS) is 10.7. The van der Waals surface area contributed by atoms with Crippen molar-refractivity contribution in [2.24, 2.45) is 0 Å². The molecule has 1 aromatic heterocycles. The molecule has 1 amide bonds. The lowest BCUT2D eigenvalue weighted by molar-refractivity contribution is -0.117. The van der Waals surface area contributed by atoms with Crippen molar-refractivity contribution in [2.75, 3.05) is 5.32 Å². The third-order valence-electron chi connectivity index (χ3n) is 3.45. The van der Waals surface area contributed by atoms with E-state index in [4.69, 9.17) is 16.0 Å². The van der Waals surface area contributed by atoms with E-state index in [1.54, 1.807) is 18.2 Å². The van der Waals surface area contributed by atoms with Gasteiger partial charge in [0.2, 0.25) is 11.8 Å². The predicted molar refractivity (Wildman–Crippen MR) is 91.0 cm³/mol. The van der Waals surface area contributed by atoms with Crippen LogP contribution in [0.5, 0.6) is 0 Å². The number of nitrogens with zero attached hydrogens (tertiary/aromatic N) is 2. The predicted octanol–water partition coefficient (Wildman–Crippen LogP) is 3.24. The number of hydrogen-bond acceptors (Lipinski definition) is 4. The molecule has 0 atom stereocenters. The fourth-order valence-corrected chi connectivity index (χ4v) is 2.30. The molecule has 1 N–H and O–H groups in total. The Morgan fingerprint density at radius 1 is 1.28 bits per heavy atom. The van der Waals surface area contributed by atoms with Gasteiger partial charge in [-0.25, -0.2) is 9.18 Å². The Kier molecular flexibility index (Phi) is 4.67. The fraction of sp³-hybridized carbons (Fsp3) is 0.118. The van der Waals surface area contributed by atoms with E-state index in [1.807, 2.05) is 6.92 Å². The summed E-state index contributed by atoms with van der Waals surface area (Å²) in [6, 6.07) is 10.4. The minimum Gasteiger partial charge on any atom is -0.388 e. The lowest BCUT2D eigenvalue weighted by Gasteiger charge is -2.06. The van der Waals surface area contributed by atoms with Crippen LogP contribution in [0.3, 0.4) is 0 Å². The smallest absolute Gasteiger partial charge is 0.388 e. The van der Waals surface area contributed by atoms with Crippen molar-refractivity contribution >= 4 is 23.2 Å². The topological polar surface area (TPSA) is 77.1 Å². The number of halogens is 2. The van der Waals surface area contributed by atoms with Gasteiger partial charge in [-0.05, 0) is 48.9 Å². The number of nitrogens with one attached hydrogen (secondary N) is 1. The van der Waals surface area contributed by atoms with Crippen molar-refractivity contribution in [2.45, 2.75) is 13.5 Å². The van der Waals surface area contributed by atoms with E-state index in [0.29, 0.717) is 16.3 Å². The Bertz CT molecular complexity index is 980. The number of carbonyl (C=O) groups is 1. The highest BCUT2D eigenvalue weighted by atomic mass is 35.5. The first-order valence-electron chi connectivity index (χ1n) is 7.32. The monoisotopic (exact) mass is 361 g/mol. The average Bonchev–Trinajstić information content (AvgIpc) is 2.92. The zero-order valence-electron chi connectivity index (χ0n) is 13.1. The number of rotatable bonds is 4. The summed E-state index contributed by atoms with van der Waals surface area (Å²) in [5.74, 6) is -1.64. The van der Waals surface area contributed by atoms with Gasteiger partial charge in [0.1, 0.15) is 12.4 Å². The Morgan fingerprint density at radius 3 is 2.68 bits per heavy atom. The summed E-state index contributed by atoms with van der Waals surface area (Å²) in [4.78, 5) is 23.9. The summed E-state index contributed by atoms with van der Waals surface area (Å²) in [5.41, 5.74) is 1.83. The standard InChI is InChI=1S/C17H13ClFN3O3/c1-10-2-7-13(8-14(10)18)20-15(23)9-22-17(24)25-16(21-22)11-3-5-12(19)6-4-11/h2-8H,9H2,1H3,(H,20,23). The molecule has 2 aromatic carbocycles. The molecule has 6 nitrogen and oxygen atoms in total. The Balaban J connectivity index is 1.74. The van der Waals surface area contributed by atoms with E-state index in [1.165, 1.54) is 24.3 Å². The fourth-order valence-electron chi connectivity index (χ4n) is 2.12. The Labute approximate surface area is 146 Å². The largest absolute Gasteiger partial charge is 0.437 e. The van der Waals surface area contributed by atoms with Crippen LogP contribution in [-0.4, -0.2) is 15.7 Å². The molecule has 0 bridgehead atoms. The molecule has 3 aromatic rings. The quantitative estimate of drug-likeness (QED) is 0.773. The number of amides is 1. The minimum absolute atomic E-state index is 0.0104. The second kappa shape index (κ2) is 6.90. The van der Waals surface area contributed by atoms with Crippen LogP contribution < -0.4 is 11.1 Å². The van der Waals surface area contributed by atoms with Gasteiger partial charge in [0.15, 0.2) is 0 Å². The van der Waals surface area contributed by atoms with E-state index in [0.717, 1.165) is 10.2 Å². The van der Waals surface area contributed by atoms with Crippen LogP contribution in [0, 0.1) is 12.7 Å². The second-order valence-corrected chi connectivity index (χ2v) is 5.76. The van der Waals surface area contributed by atoms with Gasteiger partial charge in [0.25, 0.3) is 0 Å². The van der Waals surface area contributed by atoms with E-state index in [9.17, 15) is 14.0 Å². The van der Waals surface area contributed by atoms with Crippen molar-refractivity contribution in [3.8, 4) is 11.5 Å². The first kappa shape index (κ1) is 16.9. The lowest BCUT2D eigenvalue weighted by Crippen LogP contribution is -2.25.